The van der Waals surface area contributed by atoms with Gasteiger partial charge in [-0.1, -0.05) is 0 Å². The highest BCUT2D eigenvalue weighted by atomic mass is 16.1. The Morgan fingerprint density at radius 3 is 2.25 bits per heavy atom. The van der Waals surface area contributed by atoms with Crippen molar-refractivity contribution in [3.8, 4) is 0 Å². The maximum atomic E-state index is 10.8. The smallest absolute Gasteiger partial charge is 0.209 e. The summed E-state index contributed by atoms with van der Waals surface area (Å²) in [5.74, 6) is 0.919. The van der Waals surface area contributed by atoms with Crippen molar-refractivity contribution in [2.75, 3.05) is 45.8 Å². The van der Waals surface area contributed by atoms with E-state index < -0.39 is 0 Å². The molecule has 1 saturated carbocycles. The molecule has 3 fully saturated rings. The molecular weight excluding hydrogens is 250 g/mol. The first-order valence-electron chi connectivity index (χ1n) is 8.42. The van der Waals surface area contributed by atoms with Crippen LogP contribution in [0.3, 0.4) is 0 Å². The number of nitrogens with one attached hydrogen (secondary N) is 1. The van der Waals surface area contributed by atoms with Crippen LogP contribution in [-0.2, 0) is 4.79 Å². The van der Waals surface area contributed by atoms with Crippen LogP contribution >= 0.6 is 0 Å². The Hall–Kier alpha value is -0.610. The minimum absolute atomic E-state index is 0.583. The molecule has 3 aliphatic rings. The zero-order chi connectivity index (χ0) is 13.8. The van der Waals surface area contributed by atoms with E-state index in [1.54, 1.807) is 0 Å². The minimum atomic E-state index is 0.583. The summed E-state index contributed by atoms with van der Waals surface area (Å²) < 4.78 is 0. The van der Waals surface area contributed by atoms with E-state index in [1.807, 2.05) is 4.90 Å². The van der Waals surface area contributed by atoms with E-state index in [2.05, 4.69) is 10.2 Å². The van der Waals surface area contributed by atoms with Crippen molar-refractivity contribution in [1.82, 2.24) is 15.1 Å². The lowest BCUT2D eigenvalue weighted by molar-refractivity contribution is -0.120. The maximum Gasteiger partial charge on any atom is 0.209 e. The molecule has 20 heavy (non-hydrogen) atoms. The SMILES string of the molecule is O=CN1CCC2(CCC(CN3CCNCC3)CC2)CC1. The summed E-state index contributed by atoms with van der Waals surface area (Å²) in [6.45, 7) is 8.10. The van der Waals surface area contributed by atoms with Gasteiger partial charge in [0.05, 0.1) is 0 Å². The average Bonchev–Trinajstić information content (AvgIpc) is 2.52. The lowest BCUT2D eigenvalue weighted by atomic mass is 9.65. The fourth-order valence-electron chi connectivity index (χ4n) is 4.34. The number of likely N-dealkylation sites (tertiary alicyclic amines) is 1. The van der Waals surface area contributed by atoms with Gasteiger partial charge in [-0.2, -0.15) is 0 Å². The molecule has 2 saturated heterocycles. The number of nitrogens with zero attached hydrogens (tertiary/aromatic N) is 2. The Morgan fingerprint density at radius 1 is 1.00 bits per heavy atom. The Morgan fingerprint density at radius 2 is 1.65 bits per heavy atom. The van der Waals surface area contributed by atoms with Crippen LogP contribution in [0.2, 0.25) is 0 Å². The molecule has 3 rings (SSSR count). The third-order valence-electron chi connectivity index (χ3n) is 5.90. The Balaban J connectivity index is 1.43. The van der Waals surface area contributed by atoms with Crippen LogP contribution in [0, 0.1) is 11.3 Å². The highest BCUT2D eigenvalue weighted by Gasteiger charge is 2.38. The van der Waals surface area contributed by atoms with Gasteiger partial charge in [0.1, 0.15) is 0 Å². The fraction of sp³-hybridized carbons (Fsp3) is 0.938. The highest BCUT2D eigenvalue weighted by molar-refractivity contribution is 5.47. The van der Waals surface area contributed by atoms with Crippen LogP contribution < -0.4 is 5.32 Å². The van der Waals surface area contributed by atoms with Gasteiger partial charge in [-0.3, -0.25) is 4.79 Å². The van der Waals surface area contributed by atoms with Crippen molar-refractivity contribution in [2.24, 2.45) is 11.3 Å². The summed E-state index contributed by atoms with van der Waals surface area (Å²) >= 11 is 0. The summed E-state index contributed by atoms with van der Waals surface area (Å²) in [4.78, 5) is 15.4. The van der Waals surface area contributed by atoms with E-state index in [1.165, 1.54) is 58.2 Å². The molecule has 0 aromatic heterocycles. The third kappa shape index (κ3) is 3.34. The van der Waals surface area contributed by atoms with Gasteiger partial charge in [-0.25, -0.2) is 0 Å². The third-order valence-corrected chi connectivity index (χ3v) is 5.90. The summed E-state index contributed by atoms with van der Waals surface area (Å²) in [5, 5.41) is 3.43. The number of rotatable bonds is 3. The van der Waals surface area contributed by atoms with Crippen LogP contribution in [0.25, 0.3) is 0 Å². The quantitative estimate of drug-likeness (QED) is 0.792. The second-order valence-electron chi connectivity index (χ2n) is 7.14. The molecule has 0 radical (unpaired) electrons. The van der Waals surface area contributed by atoms with Gasteiger partial charge in [0.15, 0.2) is 0 Å². The topological polar surface area (TPSA) is 35.6 Å². The van der Waals surface area contributed by atoms with E-state index in [9.17, 15) is 4.79 Å². The van der Waals surface area contributed by atoms with Crippen molar-refractivity contribution in [1.29, 1.82) is 0 Å². The summed E-state index contributed by atoms with van der Waals surface area (Å²) in [5.41, 5.74) is 0.583. The highest BCUT2D eigenvalue weighted by Crippen LogP contribution is 2.46. The molecule has 4 heteroatoms. The molecule has 2 heterocycles. The minimum Gasteiger partial charge on any atom is -0.345 e. The van der Waals surface area contributed by atoms with E-state index in [-0.39, 0.29) is 0 Å². The average molecular weight is 279 g/mol. The second kappa shape index (κ2) is 6.44. The number of amides is 1. The van der Waals surface area contributed by atoms with Gasteiger partial charge >= 0.3 is 0 Å². The van der Waals surface area contributed by atoms with Crippen LogP contribution in [0.4, 0.5) is 0 Å². The molecule has 0 atom stereocenters. The molecular formula is C16H29N3O. The Bertz CT molecular complexity index is 310. The predicted octanol–water partition coefficient (Wildman–Crippen LogP) is 1.32. The Kier molecular flexibility index (Phi) is 4.61. The van der Waals surface area contributed by atoms with Crippen molar-refractivity contribution in [3.63, 3.8) is 0 Å². The molecule has 4 nitrogen and oxygen atoms in total. The zero-order valence-electron chi connectivity index (χ0n) is 12.6. The first kappa shape index (κ1) is 14.3. The lowest BCUT2D eigenvalue weighted by Gasteiger charge is -2.46. The molecule has 2 aliphatic heterocycles. The van der Waals surface area contributed by atoms with Crippen molar-refractivity contribution < 1.29 is 4.79 Å². The summed E-state index contributed by atoms with van der Waals surface area (Å²) in [6, 6.07) is 0. The van der Waals surface area contributed by atoms with Crippen LogP contribution in [-0.4, -0.2) is 62.0 Å². The predicted molar refractivity (Wildman–Crippen MR) is 80.6 cm³/mol. The number of hydrogen-bond donors (Lipinski definition) is 1. The van der Waals surface area contributed by atoms with Crippen molar-refractivity contribution >= 4 is 6.41 Å². The number of carbonyl (C=O) groups is 1. The Labute approximate surface area is 122 Å². The first-order valence-corrected chi connectivity index (χ1v) is 8.42. The molecule has 0 bridgehead atoms. The van der Waals surface area contributed by atoms with Crippen molar-refractivity contribution in [3.05, 3.63) is 0 Å². The lowest BCUT2D eigenvalue weighted by Crippen LogP contribution is -2.46. The summed E-state index contributed by atoms with van der Waals surface area (Å²) in [6.07, 6.45) is 9.13. The van der Waals surface area contributed by atoms with Gasteiger partial charge in [0.2, 0.25) is 6.41 Å². The van der Waals surface area contributed by atoms with Crippen LogP contribution in [0.5, 0.6) is 0 Å². The molecule has 1 spiro atoms. The van der Waals surface area contributed by atoms with Crippen LogP contribution in [0.15, 0.2) is 0 Å². The van der Waals surface area contributed by atoms with E-state index in [4.69, 9.17) is 0 Å². The summed E-state index contributed by atoms with van der Waals surface area (Å²) in [7, 11) is 0. The molecule has 1 N–H and O–H groups in total. The van der Waals surface area contributed by atoms with Gasteiger partial charge in [0, 0.05) is 45.8 Å². The van der Waals surface area contributed by atoms with E-state index in [0.717, 1.165) is 38.5 Å². The number of piperazine rings is 1. The molecule has 1 aliphatic carbocycles. The van der Waals surface area contributed by atoms with Crippen molar-refractivity contribution in [2.45, 2.75) is 38.5 Å². The largest absolute Gasteiger partial charge is 0.345 e. The van der Waals surface area contributed by atoms with Gasteiger partial charge in [0.25, 0.3) is 0 Å². The molecule has 1 amide bonds. The maximum absolute atomic E-state index is 10.8. The van der Waals surface area contributed by atoms with E-state index >= 15 is 0 Å². The fourth-order valence-corrected chi connectivity index (χ4v) is 4.34. The monoisotopic (exact) mass is 279 g/mol. The molecule has 0 aromatic rings. The van der Waals surface area contributed by atoms with Gasteiger partial charge < -0.3 is 15.1 Å². The van der Waals surface area contributed by atoms with E-state index in [0.29, 0.717) is 5.41 Å². The standard InChI is InChI=1S/C16H29N3O/c20-14-19-9-5-16(6-10-19)3-1-15(2-4-16)13-18-11-7-17-8-12-18/h14-15,17H,1-13H2. The second-order valence-corrected chi connectivity index (χ2v) is 7.14. The normalized spacial score (nSPS) is 28.7. The zero-order valence-corrected chi connectivity index (χ0v) is 12.6. The van der Waals surface area contributed by atoms with Gasteiger partial charge in [-0.15, -0.1) is 0 Å². The number of piperidine rings is 1. The molecule has 0 unspecified atom stereocenters. The molecule has 114 valence electrons. The first-order chi connectivity index (χ1) is 9.80. The van der Waals surface area contributed by atoms with Gasteiger partial charge in [-0.05, 0) is 49.9 Å². The number of hydrogen-bond acceptors (Lipinski definition) is 3. The molecule has 0 aromatic carbocycles. The number of carbonyl (C=O) groups excluding carboxylic acids is 1. The van der Waals surface area contributed by atoms with Crippen LogP contribution in [0.1, 0.15) is 38.5 Å².